The van der Waals surface area contributed by atoms with Crippen LogP contribution < -0.4 is 5.43 Å². The highest BCUT2D eigenvalue weighted by molar-refractivity contribution is 9.10. The number of halogens is 1. The molecule has 0 aliphatic rings. The molecule has 4 heteroatoms. The molecule has 2 aromatic heterocycles. The predicted molar refractivity (Wildman–Crippen MR) is 80.2 cm³/mol. The topological polar surface area (TPSA) is 45.8 Å². The lowest BCUT2D eigenvalue weighted by Gasteiger charge is -2.08. The third-order valence-electron chi connectivity index (χ3n) is 3.16. The molecule has 0 amide bonds. The van der Waals surface area contributed by atoms with E-state index >= 15 is 0 Å². The average molecular weight is 315 g/mol. The number of H-pyrrole nitrogens is 1. The molecule has 0 spiro atoms. The van der Waals surface area contributed by atoms with E-state index in [1.54, 1.807) is 6.20 Å². The first kappa shape index (κ1) is 12.1. The Balaban J connectivity index is 2.33. The van der Waals surface area contributed by atoms with Gasteiger partial charge in [-0.15, -0.1) is 0 Å². The number of benzene rings is 1. The molecule has 3 aromatic rings. The number of rotatable bonds is 1. The number of aromatic nitrogens is 2. The van der Waals surface area contributed by atoms with Crippen molar-refractivity contribution in [3.05, 3.63) is 63.0 Å². The second-order valence-corrected chi connectivity index (χ2v) is 5.18. The minimum absolute atomic E-state index is 0.0623. The highest BCUT2D eigenvalue weighted by Gasteiger charge is 2.09. The van der Waals surface area contributed by atoms with Crippen LogP contribution in [-0.2, 0) is 0 Å². The van der Waals surface area contributed by atoms with E-state index < -0.39 is 0 Å². The number of hydrogen-bond donors (Lipinski definition) is 1. The lowest BCUT2D eigenvalue weighted by Crippen LogP contribution is -2.09. The largest absolute Gasteiger partial charge is 0.354 e. The van der Waals surface area contributed by atoms with Crippen LogP contribution in [0.5, 0.6) is 0 Å². The van der Waals surface area contributed by atoms with E-state index in [0.29, 0.717) is 10.9 Å². The normalized spacial score (nSPS) is 10.8. The van der Waals surface area contributed by atoms with Gasteiger partial charge in [0.15, 0.2) is 5.43 Å². The SMILES string of the molecule is Cc1c(-c2ccc(Br)nc2)[nH]c2ccccc2c1=O. The van der Waals surface area contributed by atoms with Crippen LogP contribution in [0.3, 0.4) is 0 Å². The Morgan fingerprint density at radius 1 is 1.16 bits per heavy atom. The summed E-state index contributed by atoms with van der Waals surface area (Å²) in [6.45, 7) is 1.84. The van der Waals surface area contributed by atoms with Gasteiger partial charge < -0.3 is 4.98 Å². The maximum atomic E-state index is 12.3. The monoisotopic (exact) mass is 314 g/mol. The molecule has 0 bridgehead atoms. The summed E-state index contributed by atoms with van der Waals surface area (Å²) in [5.41, 5.74) is 3.35. The molecule has 3 nitrogen and oxygen atoms in total. The first-order valence-corrected chi connectivity index (χ1v) is 6.69. The number of nitrogens with one attached hydrogen (secondary N) is 1. The van der Waals surface area contributed by atoms with Crippen LogP contribution in [0.2, 0.25) is 0 Å². The third-order valence-corrected chi connectivity index (χ3v) is 3.63. The lowest BCUT2D eigenvalue weighted by molar-refractivity contribution is 1.24. The van der Waals surface area contributed by atoms with Crippen LogP contribution in [0.1, 0.15) is 5.56 Å². The van der Waals surface area contributed by atoms with E-state index in [-0.39, 0.29) is 5.43 Å². The Bertz CT molecular complexity index is 806. The van der Waals surface area contributed by atoms with Crippen LogP contribution >= 0.6 is 15.9 Å². The molecular formula is C15H11BrN2O. The smallest absolute Gasteiger partial charge is 0.192 e. The van der Waals surface area contributed by atoms with Crippen LogP contribution in [0.15, 0.2) is 52.0 Å². The Morgan fingerprint density at radius 2 is 1.95 bits per heavy atom. The van der Waals surface area contributed by atoms with Crippen molar-refractivity contribution in [2.24, 2.45) is 0 Å². The van der Waals surface area contributed by atoms with Crippen LogP contribution in [0, 0.1) is 6.92 Å². The molecule has 1 aromatic carbocycles. The van der Waals surface area contributed by atoms with Gasteiger partial charge in [0.1, 0.15) is 4.60 Å². The molecule has 2 heterocycles. The fraction of sp³-hybridized carbons (Fsp3) is 0.0667. The summed E-state index contributed by atoms with van der Waals surface area (Å²) in [7, 11) is 0. The maximum absolute atomic E-state index is 12.3. The quantitative estimate of drug-likeness (QED) is 0.697. The number of hydrogen-bond acceptors (Lipinski definition) is 2. The Morgan fingerprint density at radius 3 is 2.68 bits per heavy atom. The lowest BCUT2D eigenvalue weighted by atomic mass is 10.1. The average Bonchev–Trinajstić information content (AvgIpc) is 2.44. The summed E-state index contributed by atoms with van der Waals surface area (Å²) in [6, 6.07) is 11.3. The third kappa shape index (κ3) is 2.08. The molecule has 0 unspecified atom stereocenters. The van der Waals surface area contributed by atoms with Gasteiger partial charge in [0.2, 0.25) is 0 Å². The minimum Gasteiger partial charge on any atom is -0.354 e. The second-order valence-electron chi connectivity index (χ2n) is 4.37. The molecule has 0 atom stereocenters. The van der Waals surface area contributed by atoms with Crippen molar-refractivity contribution in [2.45, 2.75) is 6.92 Å². The molecule has 0 radical (unpaired) electrons. The molecule has 0 saturated heterocycles. The van der Waals surface area contributed by atoms with E-state index in [1.165, 1.54) is 0 Å². The summed E-state index contributed by atoms with van der Waals surface area (Å²) in [5, 5.41) is 0.717. The molecule has 0 saturated carbocycles. The molecule has 19 heavy (non-hydrogen) atoms. The zero-order valence-electron chi connectivity index (χ0n) is 10.3. The summed E-state index contributed by atoms with van der Waals surface area (Å²) >= 11 is 3.31. The van der Waals surface area contributed by atoms with E-state index in [4.69, 9.17) is 0 Å². The Kier molecular flexibility index (Phi) is 2.95. The van der Waals surface area contributed by atoms with Crippen LogP contribution in [0.4, 0.5) is 0 Å². The molecule has 0 aliphatic carbocycles. The summed E-state index contributed by atoms with van der Waals surface area (Å²) in [4.78, 5) is 19.9. The van der Waals surface area contributed by atoms with Gasteiger partial charge in [-0.2, -0.15) is 0 Å². The maximum Gasteiger partial charge on any atom is 0.192 e. The number of fused-ring (bicyclic) bond motifs is 1. The Hall–Kier alpha value is -1.94. The minimum atomic E-state index is 0.0623. The molecule has 0 aliphatic heterocycles. The van der Waals surface area contributed by atoms with E-state index in [0.717, 1.165) is 21.4 Å². The van der Waals surface area contributed by atoms with Crippen molar-refractivity contribution >= 4 is 26.8 Å². The van der Waals surface area contributed by atoms with Gasteiger partial charge in [-0.05, 0) is 47.1 Å². The van der Waals surface area contributed by atoms with Crippen LogP contribution in [-0.4, -0.2) is 9.97 Å². The Labute approximate surface area is 118 Å². The van der Waals surface area contributed by atoms with Gasteiger partial charge in [0.25, 0.3) is 0 Å². The number of aromatic amines is 1. The first-order valence-electron chi connectivity index (χ1n) is 5.90. The van der Waals surface area contributed by atoms with Gasteiger partial charge in [-0.3, -0.25) is 4.79 Å². The number of pyridine rings is 2. The summed E-state index contributed by atoms with van der Waals surface area (Å²) in [5.74, 6) is 0. The van der Waals surface area contributed by atoms with E-state index in [2.05, 4.69) is 25.9 Å². The molecule has 3 rings (SSSR count). The molecular weight excluding hydrogens is 304 g/mol. The van der Waals surface area contributed by atoms with Gasteiger partial charge >= 0.3 is 0 Å². The van der Waals surface area contributed by atoms with Gasteiger partial charge in [-0.25, -0.2) is 4.98 Å². The van der Waals surface area contributed by atoms with E-state index in [1.807, 2.05) is 43.3 Å². The van der Waals surface area contributed by atoms with Crippen LogP contribution in [0.25, 0.3) is 22.2 Å². The van der Waals surface area contributed by atoms with Crippen molar-refractivity contribution < 1.29 is 0 Å². The predicted octanol–water partition coefficient (Wildman–Crippen LogP) is 3.66. The highest BCUT2D eigenvalue weighted by Crippen LogP contribution is 2.22. The molecule has 94 valence electrons. The van der Waals surface area contributed by atoms with Crippen molar-refractivity contribution in [2.75, 3.05) is 0 Å². The van der Waals surface area contributed by atoms with E-state index in [9.17, 15) is 4.79 Å². The first-order chi connectivity index (χ1) is 9.16. The van der Waals surface area contributed by atoms with Gasteiger partial charge in [0.05, 0.1) is 5.69 Å². The molecule has 0 fully saturated rings. The van der Waals surface area contributed by atoms with Crippen molar-refractivity contribution in [1.82, 2.24) is 9.97 Å². The number of para-hydroxylation sites is 1. The van der Waals surface area contributed by atoms with Crippen molar-refractivity contribution in [3.63, 3.8) is 0 Å². The summed E-state index contributed by atoms with van der Waals surface area (Å²) in [6.07, 6.45) is 1.75. The summed E-state index contributed by atoms with van der Waals surface area (Å²) < 4.78 is 0.775. The van der Waals surface area contributed by atoms with Crippen molar-refractivity contribution in [3.8, 4) is 11.3 Å². The fourth-order valence-electron chi connectivity index (χ4n) is 2.15. The second kappa shape index (κ2) is 4.63. The number of nitrogens with zero attached hydrogens (tertiary/aromatic N) is 1. The van der Waals surface area contributed by atoms with Gasteiger partial charge in [0, 0.05) is 28.2 Å². The van der Waals surface area contributed by atoms with Gasteiger partial charge in [-0.1, -0.05) is 12.1 Å². The molecule has 1 N–H and O–H groups in total. The fourth-order valence-corrected chi connectivity index (χ4v) is 2.38. The zero-order chi connectivity index (χ0) is 13.4. The highest BCUT2D eigenvalue weighted by atomic mass is 79.9. The zero-order valence-corrected chi connectivity index (χ0v) is 11.9. The standard InChI is InChI=1S/C15H11BrN2O/c1-9-14(10-6-7-13(16)17-8-10)18-12-5-3-2-4-11(12)15(9)19/h2-8H,1H3,(H,18,19). The van der Waals surface area contributed by atoms with Crippen molar-refractivity contribution in [1.29, 1.82) is 0 Å².